The zero-order chi connectivity index (χ0) is 11.5. The summed E-state index contributed by atoms with van der Waals surface area (Å²) in [5, 5.41) is 0. The van der Waals surface area contributed by atoms with Gasteiger partial charge in [0.1, 0.15) is 6.33 Å². The molecule has 82 valence electrons. The second-order valence-corrected chi connectivity index (χ2v) is 3.65. The van der Waals surface area contributed by atoms with Crippen LogP contribution in [0.2, 0.25) is 0 Å². The van der Waals surface area contributed by atoms with Crippen LogP contribution in [0.4, 0.5) is 10.5 Å². The lowest BCUT2D eigenvalue weighted by atomic mass is 10.2. The van der Waals surface area contributed by atoms with Crippen LogP contribution in [0.5, 0.6) is 0 Å². The highest BCUT2D eigenvalue weighted by Gasteiger charge is 2.11. The highest BCUT2D eigenvalue weighted by molar-refractivity contribution is 5.92. The van der Waals surface area contributed by atoms with Gasteiger partial charge in [-0.2, -0.15) is 0 Å². The van der Waals surface area contributed by atoms with Crippen molar-refractivity contribution in [1.82, 2.24) is 9.55 Å². The molecule has 0 atom stereocenters. The van der Waals surface area contributed by atoms with Crippen molar-refractivity contribution in [1.29, 1.82) is 0 Å². The average molecular weight is 215 g/mol. The first-order valence-corrected chi connectivity index (χ1v) is 5.01. The maximum atomic E-state index is 12.0. The Balaban J connectivity index is 2.26. The van der Waals surface area contributed by atoms with E-state index in [2.05, 4.69) is 4.98 Å². The lowest BCUT2D eigenvalue weighted by Gasteiger charge is -2.17. The number of aryl methyl sites for hydroxylation is 1. The number of nitrogens with zero attached hydrogens (tertiary/aromatic N) is 3. The van der Waals surface area contributed by atoms with Gasteiger partial charge in [0.05, 0.1) is 0 Å². The van der Waals surface area contributed by atoms with Crippen LogP contribution >= 0.6 is 0 Å². The van der Waals surface area contributed by atoms with E-state index in [-0.39, 0.29) is 6.03 Å². The smallest absolute Gasteiger partial charge is 0.297 e. The molecule has 16 heavy (non-hydrogen) atoms. The van der Waals surface area contributed by atoms with Gasteiger partial charge in [0.25, 0.3) is 0 Å². The Morgan fingerprint density at radius 3 is 2.88 bits per heavy atom. The molecule has 0 bridgehead atoms. The third-order valence-corrected chi connectivity index (χ3v) is 2.40. The van der Waals surface area contributed by atoms with Gasteiger partial charge < -0.3 is 0 Å². The van der Waals surface area contributed by atoms with E-state index in [1.807, 2.05) is 31.2 Å². The second-order valence-electron chi connectivity index (χ2n) is 3.65. The third kappa shape index (κ3) is 1.95. The van der Waals surface area contributed by atoms with E-state index in [9.17, 15) is 4.79 Å². The van der Waals surface area contributed by atoms with Gasteiger partial charge in [-0.1, -0.05) is 12.1 Å². The molecule has 0 aliphatic heterocycles. The van der Waals surface area contributed by atoms with E-state index in [0.717, 1.165) is 11.3 Å². The minimum absolute atomic E-state index is 0.122. The molecular formula is C12H13N3O. The maximum Gasteiger partial charge on any atom is 0.333 e. The van der Waals surface area contributed by atoms with Crippen molar-refractivity contribution in [2.24, 2.45) is 0 Å². The molecule has 4 nitrogen and oxygen atoms in total. The fourth-order valence-electron chi connectivity index (χ4n) is 1.49. The second kappa shape index (κ2) is 4.18. The lowest BCUT2D eigenvalue weighted by molar-refractivity contribution is 0.249. The number of imidazole rings is 1. The van der Waals surface area contributed by atoms with Crippen molar-refractivity contribution >= 4 is 11.7 Å². The van der Waals surface area contributed by atoms with Gasteiger partial charge in [0.2, 0.25) is 0 Å². The van der Waals surface area contributed by atoms with Gasteiger partial charge >= 0.3 is 6.03 Å². The van der Waals surface area contributed by atoms with Crippen molar-refractivity contribution in [2.45, 2.75) is 6.92 Å². The first-order valence-electron chi connectivity index (χ1n) is 5.01. The predicted octanol–water partition coefficient (Wildman–Crippen LogP) is 2.30. The van der Waals surface area contributed by atoms with Crippen molar-refractivity contribution in [2.75, 3.05) is 11.9 Å². The molecule has 0 radical (unpaired) electrons. The topological polar surface area (TPSA) is 38.1 Å². The van der Waals surface area contributed by atoms with Gasteiger partial charge in [0.15, 0.2) is 0 Å². The number of anilines is 1. The number of carbonyl (C=O) groups is 1. The van der Waals surface area contributed by atoms with Crippen LogP contribution in [0.3, 0.4) is 0 Å². The van der Waals surface area contributed by atoms with Crippen LogP contribution < -0.4 is 4.90 Å². The first-order chi connectivity index (χ1) is 7.68. The average Bonchev–Trinajstić information content (AvgIpc) is 2.80. The molecule has 0 unspecified atom stereocenters. The molecular weight excluding hydrogens is 202 g/mol. The molecule has 0 N–H and O–H groups in total. The monoisotopic (exact) mass is 215 g/mol. The molecule has 0 saturated heterocycles. The van der Waals surface area contributed by atoms with Gasteiger partial charge in [-0.05, 0) is 24.6 Å². The zero-order valence-electron chi connectivity index (χ0n) is 9.29. The Kier molecular flexibility index (Phi) is 2.72. The van der Waals surface area contributed by atoms with Crippen LogP contribution in [0.1, 0.15) is 5.56 Å². The Hall–Kier alpha value is -2.10. The summed E-state index contributed by atoms with van der Waals surface area (Å²) < 4.78 is 1.45. The van der Waals surface area contributed by atoms with Gasteiger partial charge in [-0.3, -0.25) is 9.47 Å². The molecule has 2 aromatic rings. The number of aromatic nitrogens is 2. The molecule has 4 heteroatoms. The van der Waals surface area contributed by atoms with Crippen molar-refractivity contribution < 1.29 is 4.79 Å². The molecule has 2 rings (SSSR count). The molecule has 0 fully saturated rings. The van der Waals surface area contributed by atoms with Crippen molar-refractivity contribution in [3.8, 4) is 0 Å². The number of benzene rings is 1. The number of carbonyl (C=O) groups excluding carboxylic acids is 1. The molecule has 0 spiro atoms. The summed E-state index contributed by atoms with van der Waals surface area (Å²) in [6, 6.07) is 7.68. The van der Waals surface area contributed by atoms with Crippen LogP contribution in [-0.4, -0.2) is 22.6 Å². The SMILES string of the molecule is Cc1cccc(N(C)C(=O)n2ccnc2)c1. The van der Waals surface area contributed by atoms with Gasteiger partial charge in [-0.15, -0.1) is 0 Å². The third-order valence-electron chi connectivity index (χ3n) is 2.40. The molecule has 0 aliphatic rings. The van der Waals surface area contributed by atoms with Crippen LogP contribution in [-0.2, 0) is 0 Å². The molecule has 0 aliphatic carbocycles. The predicted molar refractivity (Wildman–Crippen MR) is 62.6 cm³/mol. The summed E-state index contributed by atoms with van der Waals surface area (Å²) in [6.45, 7) is 2.00. The van der Waals surface area contributed by atoms with E-state index in [1.54, 1.807) is 24.3 Å². The van der Waals surface area contributed by atoms with Crippen molar-refractivity contribution in [3.63, 3.8) is 0 Å². The van der Waals surface area contributed by atoms with Crippen LogP contribution in [0.25, 0.3) is 0 Å². The lowest BCUT2D eigenvalue weighted by Crippen LogP contribution is -2.30. The number of rotatable bonds is 1. The Bertz CT molecular complexity index is 491. The Morgan fingerprint density at radius 2 is 2.25 bits per heavy atom. The fourth-order valence-corrected chi connectivity index (χ4v) is 1.49. The van der Waals surface area contributed by atoms with Crippen molar-refractivity contribution in [3.05, 3.63) is 48.5 Å². The molecule has 1 amide bonds. The fraction of sp³-hybridized carbons (Fsp3) is 0.167. The van der Waals surface area contributed by atoms with E-state index >= 15 is 0 Å². The Labute approximate surface area is 94.1 Å². The van der Waals surface area contributed by atoms with E-state index in [4.69, 9.17) is 0 Å². The minimum Gasteiger partial charge on any atom is -0.297 e. The van der Waals surface area contributed by atoms with E-state index < -0.39 is 0 Å². The summed E-state index contributed by atoms with van der Waals surface area (Å²) in [6.07, 6.45) is 4.71. The number of hydrogen-bond donors (Lipinski definition) is 0. The van der Waals surface area contributed by atoms with Crippen LogP contribution in [0.15, 0.2) is 43.0 Å². The van der Waals surface area contributed by atoms with E-state index in [1.165, 1.54) is 10.9 Å². The molecule has 1 aromatic heterocycles. The highest BCUT2D eigenvalue weighted by Crippen LogP contribution is 2.15. The largest absolute Gasteiger partial charge is 0.333 e. The highest BCUT2D eigenvalue weighted by atomic mass is 16.2. The quantitative estimate of drug-likeness (QED) is 0.732. The molecule has 0 saturated carbocycles. The van der Waals surface area contributed by atoms with E-state index in [0.29, 0.717) is 0 Å². The van der Waals surface area contributed by atoms with Crippen LogP contribution in [0, 0.1) is 6.92 Å². The zero-order valence-corrected chi connectivity index (χ0v) is 9.29. The minimum atomic E-state index is -0.122. The molecule has 1 heterocycles. The summed E-state index contributed by atoms with van der Waals surface area (Å²) in [4.78, 5) is 17.4. The number of amides is 1. The summed E-state index contributed by atoms with van der Waals surface area (Å²) in [5.74, 6) is 0. The maximum absolute atomic E-state index is 12.0. The summed E-state index contributed by atoms with van der Waals surface area (Å²) in [7, 11) is 1.75. The Morgan fingerprint density at radius 1 is 1.44 bits per heavy atom. The first kappa shape index (κ1) is 10.4. The normalized spacial score (nSPS) is 10.1. The standard InChI is InChI=1S/C12H13N3O/c1-10-4-3-5-11(8-10)14(2)12(16)15-7-6-13-9-15/h3-9H,1-2H3. The van der Waals surface area contributed by atoms with Gasteiger partial charge in [0, 0.05) is 25.1 Å². The van der Waals surface area contributed by atoms with Gasteiger partial charge in [-0.25, -0.2) is 9.78 Å². The summed E-state index contributed by atoms with van der Waals surface area (Å²) in [5.41, 5.74) is 2.00. The number of hydrogen-bond acceptors (Lipinski definition) is 2. The summed E-state index contributed by atoms with van der Waals surface area (Å²) >= 11 is 0. The molecule has 1 aromatic carbocycles.